The van der Waals surface area contributed by atoms with E-state index in [1.165, 1.54) is 0 Å². The summed E-state index contributed by atoms with van der Waals surface area (Å²) in [5.74, 6) is -0.0919. The Labute approximate surface area is 125 Å². The molecule has 2 aromatic rings. The summed E-state index contributed by atoms with van der Waals surface area (Å²) in [7, 11) is 0. The molecule has 0 heterocycles. The smallest absolute Gasteiger partial charge is 0.244 e. The Hall–Kier alpha value is -2.42. The molecule has 0 aromatic heterocycles. The molecule has 1 amide bonds. The zero-order chi connectivity index (χ0) is 14.9. The number of rotatable bonds is 6. The normalized spacial score (nSPS) is 11.2. The van der Waals surface area contributed by atoms with Crippen molar-refractivity contribution in [2.45, 2.75) is 26.2 Å². The maximum atomic E-state index is 11.9. The van der Waals surface area contributed by atoms with Crippen LogP contribution in [0.15, 0.2) is 65.8 Å². The molecule has 21 heavy (non-hydrogen) atoms. The van der Waals surface area contributed by atoms with Gasteiger partial charge in [-0.2, -0.15) is 5.10 Å². The predicted molar refractivity (Wildman–Crippen MR) is 86.2 cm³/mol. The van der Waals surface area contributed by atoms with Gasteiger partial charge in [0.25, 0.3) is 0 Å². The van der Waals surface area contributed by atoms with Gasteiger partial charge in [-0.15, -0.1) is 0 Å². The Morgan fingerprint density at radius 3 is 2.24 bits per heavy atom. The largest absolute Gasteiger partial charge is 0.273 e. The molecular weight excluding hydrogens is 260 g/mol. The highest BCUT2D eigenvalue weighted by atomic mass is 16.2. The number of hydrogen-bond donors (Lipinski definition) is 1. The van der Waals surface area contributed by atoms with Crippen LogP contribution < -0.4 is 5.43 Å². The number of carbonyl (C=O) groups is 1. The number of amides is 1. The maximum Gasteiger partial charge on any atom is 0.244 e. The second-order valence-electron chi connectivity index (χ2n) is 4.87. The van der Waals surface area contributed by atoms with Crippen molar-refractivity contribution >= 4 is 11.6 Å². The Kier molecular flexibility index (Phi) is 5.71. The molecular formula is C18H20N2O. The minimum Gasteiger partial charge on any atom is -0.273 e. The molecule has 0 radical (unpaired) electrons. The third-order valence-electron chi connectivity index (χ3n) is 3.12. The van der Waals surface area contributed by atoms with Crippen LogP contribution >= 0.6 is 0 Å². The summed E-state index contributed by atoms with van der Waals surface area (Å²) in [4.78, 5) is 11.9. The van der Waals surface area contributed by atoms with Crippen molar-refractivity contribution in [3.05, 3.63) is 71.8 Å². The molecule has 0 spiro atoms. The van der Waals surface area contributed by atoms with Gasteiger partial charge in [-0.25, -0.2) is 5.43 Å². The number of hydrazone groups is 1. The van der Waals surface area contributed by atoms with Crippen molar-refractivity contribution in [1.29, 1.82) is 0 Å². The van der Waals surface area contributed by atoms with Gasteiger partial charge in [0, 0.05) is 0 Å². The van der Waals surface area contributed by atoms with E-state index in [4.69, 9.17) is 0 Å². The fourth-order valence-electron chi connectivity index (χ4n) is 2.08. The van der Waals surface area contributed by atoms with Crippen LogP contribution in [-0.4, -0.2) is 11.6 Å². The van der Waals surface area contributed by atoms with E-state index in [9.17, 15) is 4.79 Å². The van der Waals surface area contributed by atoms with Crippen LogP contribution in [0, 0.1) is 0 Å². The monoisotopic (exact) mass is 280 g/mol. The molecule has 0 unspecified atom stereocenters. The van der Waals surface area contributed by atoms with Crippen molar-refractivity contribution in [2.24, 2.45) is 5.10 Å². The SMILES string of the molecule is CCC/C(=N\NC(=O)Cc1ccccc1)c1ccccc1. The van der Waals surface area contributed by atoms with E-state index >= 15 is 0 Å². The molecule has 0 atom stereocenters. The summed E-state index contributed by atoms with van der Waals surface area (Å²) < 4.78 is 0. The fraction of sp³-hybridized carbons (Fsp3) is 0.222. The average molecular weight is 280 g/mol. The molecule has 2 aromatic carbocycles. The van der Waals surface area contributed by atoms with Gasteiger partial charge in [-0.1, -0.05) is 74.0 Å². The van der Waals surface area contributed by atoms with E-state index in [1.54, 1.807) is 0 Å². The summed E-state index contributed by atoms with van der Waals surface area (Å²) in [6, 6.07) is 19.6. The van der Waals surface area contributed by atoms with Crippen LogP contribution in [0.5, 0.6) is 0 Å². The lowest BCUT2D eigenvalue weighted by Gasteiger charge is -2.06. The van der Waals surface area contributed by atoms with Gasteiger partial charge >= 0.3 is 0 Å². The molecule has 3 nitrogen and oxygen atoms in total. The lowest BCUT2D eigenvalue weighted by molar-refractivity contribution is -0.120. The van der Waals surface area contributed by atoms with Crippen molar-refractivity contribution in [1.82, 2.24) is 5.43 Å². The number of carbonyl (C=O) groups excluding carboxylic acids is 1. The van der Waals surface area contributed by atoms with E-state index in [-0.39, 0.29) is 5.91 Å². The zero-order valence-corrected chi connectivity index (χ0v) is 12.3. The van der Waals surface area contributed by atoms with Gasteiger partial charge in [0.2, 0.25) is 5.91 Å². The van der Waals surface area contributed by atoms with E-state index in [1.807, 2.05) is 60.7 Å². The Bertz CT molecular complexity index is 591. The van der Waals surface area contributed by atoms with Crippen molar-refractivity contribution in [3.63, 3.8) is 0 Å². The fourth-order valence-corrected chi connectivity index (χ4v) is 2.08. The van der Waals surface area contributed by atoms with Gasteiger partial charge < -0.3 is 0 Å². The number of hydrogen-bond acceptors (Lipinski definition) is 2. The topological polar surface area (TPSA) is 41.5 Å². The lowest BCUT2D eigenvalue weighted by atomic mass is 10.1. The molecule has 0 saturated heterocycles. The van der Waals surface area contributed by atoms with Gasteiger partial charge in [-0.05, 0) is 17.5 Å². The third-order valence-corrected chi connectivity index (χ3v) is 3.12. The van der Waals surface area contributed by atoms with Crippen LogP contribution in [0.25, 0.3) is 0 Å². The highest BCUT2D eigenvalue weighted by Gasteiger charge is 2.05. The van der Waals surface area contributed by atoms with Crippen LogP contribution in [0.1, 0.15) is 30.9 Å². The minimum absolute atomic E-state index is 0.0919. The number of benzene rings is 2. The number of nitrogens with zero attached hydrogens (tertiary/aromatic N) is 1. The second-order valence-corrected chi connectivity index (χ2v) is 4.87. The van der Waals surface area contributed by atoms with E-state index in [0.717, 1.165) is 29.7 Å². The molecule has 0 aliphatic rings. The van der Waals surface area contributed by atoms with Crippen molar-refractivity contribution in [3.8, 4) is 0 Å². The van der Waals surface area contributed by atoms with Gasteiger partial charge in [0.15, 0.2) is 0 Å². The highest BCUT2D eigenvalue weighted by Crippen LogP contribution is 2.06. The summed E-state index contributed by atoms with van der Waals surface area (Å²) in [5.41, 5.74) is 5.62. The first-order chi connectivity index (χ1) is 10.3. The highest BCUT2D eigenvalue weighted by molar-refractivity contribution is 6.01. The zero-order valence-electron chi connectivity index (χ0n) is 12.3. The standard InChI is InChI=1S/C18H20N2O/c1-2-9-17(16-12-7-4-8-13-16)19-20-18(21)14-15-10-5-3-6-11-15/h3-8,10-13H,2,9,14H2,1H3,(H,20,21)/b19-17+. The van der Waals surface area contributed by atoms with Gasteiger partial charge in [0.1, 0.15) is 0 Å². The average Bonchev–Trinajstić information content (AvgIpc) is 2.53. The molecule has 0 saturated carbocycles. The summed E-state index contributed by atoms with van der Waals surface area (Å²) in [6.07, 6.45) is 2.18. The quantitative estimate of drug-likeness (QED) is 0.638. The molecule has 0 fully saturated rings. The first-order valence-corrected chi connectivity index (χ1v) is 7.24. The maximum absolute atomic E-state index is 11.9. The van der Waals surface area contributed by atoms with Crippen LogP contribution in [0.3, 0.4) is 0 Å². The summed E-state index contributed by atoms with van der Waals surface area (Å²) in [6.45, 7) is 2.10. The molecule has 3 heteroatoms. The summed E-state index contributed by atoms with van der Waals surface area (Å²) in [5, 5.41) is 4.30. The molecule has 1 N–H and O–H groups in total. The Morgan fingerprint density at radius 1 is 1.00 bits per heavy atom. The van der Waals surface area contributed by atoms with Crippen LogP contribution in [0.2, 0.25) is 0 Å². The first kappa shape index (κ1) is 15.0. The lowest BCUT2D eigenvalue weighted by Crippen LogP contribution is -2.22. The minimum atomic E-state index is -0.0919. The molecule has 2 rings (SSSR count). The van der Waals surface area contributed by atoms with Crippen LogP contribution in [-0.2, 0) is 11.2 Å². The van der Waals surface area contributed by atoms with Crippen molar-refractivity contribution in [2.75, 3.05) is 0 Å². The first-order valence-electron chi connectivity index (χ1n) is 7.24. The number of nitrogens with one attached hydrogen (secondary N) is 1. The Morgan fingerprint density at radius 2 is 1.62 bits per heavy atom. The van der Waals surface area contributed by atoms with E-state index < -0.39 is 0 Å². The predicted octanol–water partition coefficient (Wildman–Crippen LogP) is 3.55. The Balaban J connectivity index is 2.01. The van der Waals surface area contributed by atoms with Crippen molar-refractivity contribution < 1.29 is 4.79 Å². The van der Waals surface area contributed by atoms with Crippen LogP contribution in [0.4, 0.5) is 0 Å². The van der Waals surface area contributed by atoms with Gasteiger partial charge in [-0.3, -0.25) is 4.79 Å². The van der Waals surface area contributed by atoms with E-state index in [2.05, 4.69) is 17.5 Å². The molecule has 0 aliphatic carbocycles. The summed E-state index contributed by atoms with van der Waals surface area (Å²) >= 11 is 0. The third kappa shape index (κ3) is 4.88. The molecule has 108 valence electrons. The van der Waals surface area contributed by atoms with Gasteiger partial charge in [0.05, 0.1) is 12.1 Å². The molecule has 0 bridgehead atoms. The van der Waals surface area contributed by atoms with E-state index in [0.29, 0.717) is 6.42 Å². The molecule has 0 aliphatic heterocycles. The second kappa shape index (κ2) is 8.00.